The minimum absolute atomic E-state index is 0.174. The lowest BCUT2D eigenvalue weighted by Crippen LogP contribution is -2.51. The maximum absolute atomic E-state index is 14.5. The van der Waals surface area contributed by atoms with Gasteiger partial charge in [-0.2, -0.15) is 0 Å². The number of carbonyl (C=O) groups excluding carboxylic acids is 2. The van der Waals surface area contributed by atoms with Crippen LogP contribution in [0.5, 0.6) is 5.75 Å². The molecule has 4 heterocycles. The predicted octanol–water partition coefficient (Wildman–Crippen LogP) is 5.73. The van der Waals surface area contributed by atoms with Crippen LogP contribution in [0.1, 0.15) is 52.8 Å². The summed E-state index contributed by atoms with van der Waals surface area (Å²) in [5, 5.41) is 3.54. The third kappa shape index (κ3) is 3.68. The number of methoxy groups -OCH3 is 1. The van der Waals surface area contributed by atoms with Crippen molar-refractivity contribution in [1.29, 1.82) is 0 Å². The molecule has 2 aromatic heterocycles. The van der Waals surface area contributed by atoms with Crippen LogP contribution in [0.4, 0.5) is 17.2 Å². The molecular weight excluding hydrogens is 540 g/mol. The number of nitrogens with zero attached hydrogens (tertiary/aromatic N) is 5. The lowest BCUT2D eigenvalue weighted by Gasteiger charge is -2.36. The summed E-state index contributed by atoms with van der Waals surface area (Å²) in [5.41, 5.74) is 3.51. The molecule has 1 spiro atoms. The molecule has 1 N–H and O–H groups in total. The highest BCUT2D eigenvalue weighted by Gasteiger charge is 2.64. The van der Waals surface area contributed by atoms with E-state index in [1.807, 2.05) is 81.6 Å². The smallest absolute Gasteiger partial charge is 0.280 e. The first-order valence-electron chi connectivity index (χ1n) is 13.4. The Hall–Kier alpha value is -4.37. The van der Waals surface area contributed by atoms with Crippen molar-refractivity contribution in [1.82, 2.24) is 14.5 Å². The van der Waals surface area contributed by atoms with Gasteiger partial charge in [-0.15, -0.1) is 0 Å². The normalized spacial score (nSPS) is 17.3. The van der Waals surface area contributed by atoms with E-state index in [9.17, 15) is 9.59 Å². The van der Waals surface area contributed by atoms with Gasteiger partial charge in [-0.25, -0.2) is 9.97 Å². The zero-order chi connectivity index (χ0) is 29.4. The average molecular weight is 571 g/mol. The molecule has 6 rings (SSSR count). The zero-order valence-corrected chi connectivity index (χ0v) is 24.8. The van der Waals surface area contributed by atoms with Crippen molar-refractivity contribution in [2.24, 2.45) is 0 Å². The molecule has 2 aliphatic heterocycles. The Morgan fingerprint density at radius 1 is 1.07 bits per heavy atom. The van der Waals surface area contributed by atoms with Crippen LogP contribution in [0.15, 0.2) is 48.7 Å². The van der Waals surface area contributed by atoms with Gasteiger partial charge in [0.15, 0.2) is 11.2 Å². The Kier molecular flexibility index (Phi) is 6.11. The monoisotopic (exact) mass is 570 g/mol. The number of ether oxygens (including phenoxy) is 1. The van der Waals surface area contributed by atoms with Crippen LogP contribution in [0.3, 0.4) is 0 Å². The number of benzene rings is 2. The van der Waals surface area contributed by atoms with Crippen LogP contribution in [0.25, 0.3) is 11.4 Å². The van der Waals surface area contributed by atoms with Crippen LogP contribution < -0.4 is 19.9 Å². The summed E-state index contributed by atoms with van der Waals surface area (Å²) >= 11 is 6.45. The van der Waals surface area contributed by atoms with Crippen molar-refractivity contribution < 1.29 is 14.3 Å². The number of hydrogen-bond donors (Lipinski definition) is 1. The van der Waals surface area contributed by atoms with E-state index < -0.39 is 5.54 Å². The highest BCUT2D eigenvalue weighted by atomic mass is 35.5. The first-order chi connectivity index (χ1) is 19.5. The van der Waals surface area contributed by atoms with Gasteiger partial charge in [-0.3, -0.25) is 14.5 Å². The number of fused-ring (bicyclic) bond motifs is 4. The quantitative estimate of drug-likeness (QED) is 0.329. The standard InChI is InChI=1S/C31H31ClN6O3/c1-16(2)37-27-26(35-28(37)20-15-33-25(36(5)6)14-24(20)41-7)29(39)38(23-13-19(32)10-9-18(23)4)31(27)21-11-8-17(3)12-22(21)34-30(31)40/h8-16H,1-7H3,(H,34,40). The van der Waals surface area contributed by atoms with Crippen molar-refractivity contribution in [2.75, 3.05) is 36.3 Å². The van der Waals surface area contributed by atoms with E-state index in [2.05, 4.69) is 10.3 Å². The summed E-state index contributed by atoms with van der Waals surface area (Å²) in [7, 11) is 5.39. The van der Waals surface area contributed by atoms with Gasteiger partial charge in [0, 0.05) is 48.7 Å². The van der Waals surface area contributed by atoms with E-state index in [1.54, 1.807) is 30.3 Å². The number of imidazole rings is 1. The summed E-state index contributed by atoms with van der Waals surface area (Å²) in [5.74, 6) is 1.07. The van der Waals surface area contributed by atoms with Crippen molar-refractivity contribution in [3.8, 4) is 17.1 Å². The molecule has 1 atom stereocenters. The summed E-state index contributed by atoms with van der Waals surface area (Å²) in [6.45, 7) is 7.88. The van der Waals surface area contributed by atoms with Crippen LogP contribution >= 0.6 is 11.6 Å². The Labute approximate surface area is 243 Å². The number of halogens is 1. The molecule has 10 heteroatoms. The minimum atomic E-state index is -1.51. The van der Waals surface area contributed by atoms with Gasteiger partial charge in [0.05, 0.1) is 24.1 Å². The van der Waals surface area contributed by atoms with Gasteiger partial charge >= 0.3 is 0 Å². The highest BCUT2D eigenvalue weighted by molar-refractivity contribution is 6.31. The van der Waals surface area contributed by atoms with Gasteiger partial charge in [0.1, 0.15) is 17.4 Å². The fourth-order valence-electron chi connectivity index (χ4n) is 5.98. The Morgan fingerprint density at radius 3 is 2.51 bits per heavy atom. The van der Waals surface area contributed by atoms with E-state index in [1.165, 1.54) is 0 Å². The van der Waals surface area contributed by atoms with E-state index in [0.717, 1.165) is 16.9 Å². The fourth-order valence-corrected chi connectivity index (χ4v) is 6.14. The topological polar surface area (TPSA) is 92.6 Å². The van der Waals surface area contributed by atoms with E-state index >= 15 is 0 Å². The molecule has 2 amide bonds. The molecular formula is C31H31ClN6O3. The van der Waals surface area contributed by atoms with Crippen LogP contribution in [0.2, 0.25) is 5.02 Å². The van der Waals surface area contributed by atoms with Gasteiger partial charge in [-0.05, 0) is 57.0 Å². The summed E-state index contributed by atoms with van der Waals surface area (Å²) in [4.78, 5) is 41.9. The molecule has 0 radical (unpaired) electrons. The van der Waals surface area contributed by atoms with Gasteiger partial charge in [0.2, 0.25) is 0 Å². The van der Waals surface area contributed by atoms with Crippen molar-refractivity contribution in [3.05, 3.63) is 81.8 Å². The molecule has 2 aliphatic rings. The number of amides is 2. The minimum Gasteiger partial charge on any atom is -0.496 e. The number of aryl methyl sites for hydroxylation is 2. The van der Waals surface area contributed by atoms with Crippen LogP contribution in [0, 0.1) is 13.8 Å². The number of nitrogens with one attached hydrogen (secondary N) is 1. The van der Waals surface area contributed by atoms with Gasteiger partial charge in [0.25, 0.3) is 11.8 Å². The van der Waals surface area contributed by atoms with E-state index in [0.29, 0.717) is 44.8 Å². The van der Waals surface area contributed by atoms with E-state index in [-0.39, 0.29) is 23.6 Å². The maximum Gasteiger partial charge on any atom is 0.280 e. The number of rotatable bonds is 5. The van der Waals surface area contributed by atoms with Crippen LogP contribution in [-0.4, -0.2) is 47.6 Å². The van der Waals surface area contributed by atoms with Crippen molar-refractivity contribution >= 4 is 40.6 Å². The average Bonchev–Trinajstić information content (AvgIpc) is 3.53. The molecule has 210 valence electrons. The molecule has 0 fully saturated rings. The number of aromatic nitrogens is 3. The van der Waals surface area contributed by atoms with Gasteiger partial charge < -0.3 is 19.5 Å². The fraction of sp³-hybridized carbons (Fsp3) is 0.290. The number of anilines is 3. The SMILES string of the molecule is COc1cc(N(C)C)ncc1-c1nc2c(n1C(C)C)C1(C(=O)Nc3cc(C)ccc31)N(c1cc(Cl)ccc1C)C2=O. The second kappa shape index (κ2) is 9.34. The van der Waals surface area contributed by atoms with E-state index in [4.69, 9.17) is 21.3 Å². The highest BCUT2D eigenvalue weighted by Crippen LogP contribution is 2.55. The first kappa shape index (κ1) is 26.8. The molecule has 2 aromatic carbocycles. The third-order valence-corrected chi connectivity index (χ3v) is 8.07. The second-order valence-corrected chi connectivity index (χ2v) is 11.5. The lowest BCUT2D eigenvalue weighted by atomic mass is 9.86. The summed E-state index contributed by atoms with van der Waals surface area (Å²) in [6.07, 6.45) is 1.70. The predicted molar refractivity (Wildman–Crippen MR) is 160 cm³/mol. The number of hydrogen-bond acceptors (Lipinski definition) is 6. The lowest BCUT2D eigenvalue weighted by molar-refractivity contribution is -0.119. The first-order valence-corrected chi connectivity index (χ1v) is 13.8. The molecule has 1 unspecified atom stereocenters. The van der Waals surface area contributed by atoms with Gasteiger partial charge in [-0.1, -0.05) is 29.8 Å². The third-order valence-electron chi connectivity index (χ3n) is 7.84. The van der Waals surface area contributed by atoms with Crippen LogP contribution in [-0.2, 0) is 10.3 Å². The maximum atomic E-state index is 14.5. The molecule has 0 saturated heterocycles. The molecule has 0 aliphatic carbocycles. The number of pyridine rings is 1. The number of carbonyl (C=O) groups is 2. The summed E-state index contributed by atoms with van der Waals surface area (Å²) in [6, 6.07) is 12.8. The molecule has 0 saturated carbocycles. The largest absolute Gasteiger partial charge is 0.496 e. The Bertz CT molecular complexity index is 1760. The Morgan fingerprint density at radius 2 is 1.83 bits per heavy atom. The molecule has 41 heavy (non-hydrogen) atoms. The Balaban J connectivity index is 1.72. The molecule has 4 aromatic rings. The molecule has 9 nitrogen and oxygen atoms in total. The second-order valence-electron chi connectivity index (χ2n) is 11.0. The molecule has 0 bridgehead atoms. The zero-order valence-electron chi connectivity index (χ0n) is 24.0. The van der Waals surface area contributed by atoms with Crippen molar-refractivity contribution in [2.45, 2.75) is 39.3 Å². The summed E-state index contributed by atoms with van der Waals surface area (Å²) < 4.78 is 7.74. The van der Waals surface area contributed by atoms with Crippen molar-refractivity contribution in [3.63, 3.8) is 0 Å².